The number of thiazole rings is 1. The van der Waals surface area contributed by atoms with Gasteiger partial charge in [-0.25, -0.2) is 4.98 Å². The van der Waals surface area contributed by atoms with Crippen molar-refractivity contribution in [1.29, 1.82) is 0 Å². The Hall–Kier alpha value is -1.26. The van der Waals surface area contributed by atoms with Gasteiger partial charge in [0, 0.05) is 35.6 Å². The van der Waals surface area contributed by atoms with E-state index in [1.807, 2.05) is 31.7 Å². The molecule has 0 saturated heterocycles. The summed E-state index contributed by atoms with van der Waals surface area (Å²) in [6.07, 6.45) is 5.60. The molecule has 0 spiro atoms. The molecule has 0 fully saturated rings. The predicted octanol–water partition coefficient (Wildman–Crippen LogP) is 2.23. The third-order valence-corrected chi connectivity index (χ3v) is 3.19. The standard InChI is InChI=1S/C11H13N3S/c1-8-5-13-4-3-10(8)11-14-7-9(15-11)6-12-2/h3-5,7,12H,6H2,1-2H3. The topological polar surface area (TPSA) is 37.8 Å². The number of aryl methyl sites for hydroxylation is 1. The van der Waals surface area contributed by atoms with E-state index in [1.165, 1.54) is 16.0 Å². The molecular formula is C11H13N3S. The first kappa shape index (κ1) is 10.3. The normalized spacial score (nSPS) is 10.5. The smallest absolute Gasteiger partial charge is 0.123 e. The van der Waals surface area contributed by atoms with Gasteiger partial charge in [-0.2, -0.15) is 0 Å². The monoisotopic (exact) mass is 219 g/mol. The Morgan fingerprint density at radius 2 is 2.27 bits per heavy atom. The van der Waals surface area contributed by atoms with E-state index in [-0.39, 0.29) is 0 Å². The second-order valence-corrected chi connectivity index (χ2v) is 4.47. The van der Waals surface area contributed by atoms with Crippen LogP contribution in [-0.4, -0.2) is 17.0 Å². The zero-order valence-electron chi connectivity index (χ0n) is 8.82. The lowest BCUT2D eigenvalue weighted by molar-refractivity contribution is 0.829. The van der Waals surface area contributed by atoms with Gasteiger partial charge in [-0.1, -0.05) is 0 Å². The third kappa shape index (κ3) is 2.22. The maximum Gasteiger partial charge on any atom is 0.123 e. The summed E-state index contributed by atoms with van der Waals surface area (Å²) < 4.78 is 0. The Balaban J connectivity index is 2.33. The van der Waals surface area contributed by atoms with Crippen LogP contribution in [0.3, 0.4) is 0 Å². The number of hydrogen-bond acceptors (Lipinski definition) is 4. The summed E-state index contributed by atoms with van der Waals surface area (Å²) in [4.78, 5) is 9.75. The average molecular weight is 219 g/mol. The maximum absolute atomic E-state index is 4.42. The van der Waals surface area contributed by atoms with Crippen LogP contribution >= 0.6 is 11.3 Å². The van der Waals surface area contributed by atoms with Crippen LogP contribution in [0.5, 0.6) is 0 Å². The summed E-state index contributed by atoms with van der Waals surface area (Å²) in [6.45, 7) is 2.93. The van der Waals surface area contributed by atoms with Crippen molar-refractivity contribution in [2.24, 2.45) is 0 Å². The fourth-order valence-electron chi connectivity index (χ4n) is 1.40. The quantitative estimate of drug-likeness (QED) is 0.860. The number of rotatable bonds is 3. The lowest BCUT2D eigenvalue weighted by Gasteiger charge is -1.99. The predicted molar refractivity (Wildman–Crippen MR) is 62.8 cm³/mol. The van der Waals surface area contributed by atoms with E-state index in [0.717, 1.165) is 11.6 Å². The Morgan fingerprint density at radius 1 is 1.40 bits per heavy atom. The molecule has 0 aliphatic rings. The lowest BCUT2D eigenvalue weighted by atomic mass is 10.2. The minimum Gasteiger partial charge on any atom is -0.315 e. The minimum absolute atomic E-state index is 0.877. The zero-order valence-corrected chi connectivity index (χ0v) is 9.64. The molecule has 3 nitrogen and oxygen atoms in total. The molecular weight excluding hydrogens is 206 g/mol. The first-order chi connectivity index (χ1) is 7.31. The van der Waals surface area contributed by atoms with Gasteiger partial charge in [0.2, 0.25) is 0 Å². The van der Waals surface area contributed by atoms with E-state index >= 15 is 0 Å². The van der Waals surface area contributed by atoms with Gasteiger partial charge in [-0.05, 0) is 25.6 Å². The van der Waals surface area contributed by atoms with Gasteiger partial charge in [-0.15, -0.1) is 11.3 Å². The van der Waals surface area contributed by atoms with Gasteiger partial charge in [0.1, 0.15) is 5.01 Å². The number of nitrogens with one attached hydrogen (secondary N) is 1. The SMILES string of the molecule is CNCc1cnc(-c2ccncc2C)s1. The molecule has 0 aliphatic carbocycles. The highest BCUT2D eigenvalue weighted by Crippen LogP contribution is 2.26. The van der Waals surface area contributed by atoms with Crippen molar-refractivity contribution in [2.45, 2.75) is 13.5 Å². The van der Waals surface area contributed by atoms with Crippen LogP contribution in [0.2, 0.25) is 0 Å². The van der Waals surface area contributed by atoms with Crippen LogP contribution in [0, 0.1) is 6.92 Å². The van der Waals surface area contributed by atoms with Crippen molar-refractivity contribution >= 4 is 11.3 Å². The Bertz CT molecular complexity index is 451. The largest absolute Gasteiger partial charge is 0.315 e. The van der Waals surface area contributed by atoms with E-state index in [1.54, 1.807) is 11.3 Å². The first-order valence-electron chi connectivity index (χ1n) is 4.81. The molecule has 0 unspecified atom stereocenters. The molecule has 0 amide bonds. The van der Waals surface area contributed by atoms with Crippen molar-refractivity contribution in [1.82, 2.24) is 15.3 Å². The van der Waals surface area contributed by atoms with Crippen LogP contribution in [0.1, 0.15) is 10.4 Å². The van der Waals surface area contributed by atoms with Crippen molar-refractivity contribution in [2.75, 3.05) is 7.05 Å². The fourth-order valence-corrected chi connectivity index (χ4v) is 2.42. The highest BCUT2D eigenvalue weighted by Gasteiger charge is 2.06. The van der Waals surface area contributed by atoms with Crippen LogP contribution in [0.15, 0.2) is 24.7 Å². The molecule has 0 saturated carbocycles. The molecule has 2 aromatic rings. The zero-order chi connectivity index (χ0) is 10.7. The van der Waals surface area contributed by atoms with Crippen LogP contribution in [0.25, 0.3) is 10.6 Å². The molecule has 15 heavy (non-hydrogen) atoms. The summed E-state index contributed by atoms with van der Waals surface area (Å²) in [7, 11) is 1.94. The van der Waals surface area contributed by atoms with Gasteiger partial charge in [-0.3, -0.25) is 4.98 Å². The molecule has 0 bridgehead atoms. The highest BCUT2D eigenvalue weighted by atomic mass is 32.1. The second kappa shape index (κ2) is 4.51. The fraction of sp³-hybridized carbons (Fsp3) is 0.273. The molecule has 1 N–H and O–H groups in total. The molecule has 2 aromatic heterocycles. The lowest BCUT2D eigenvalue weighted by Crippen LogP contribution is -2.02. The Morgan fingerprint density at radius 3 is 3.00 bits per heavy atom. The number of pyridine rings is 1. The summed E-state index contributed by atoms with van der Waals surface area (Å²) in [5, 5.41) is 4.19. The van der Waals surface area contributed by atoms with Crippen molar-refractivity contribution < 1.29 is 0 Å². The molecule has 2 heterocycles. The van der Waals surface area contributed by atoms with E-state index in [2.05, 4.69) is 22.2 Å². The molecule has 0 aliphatic heterocycles. The van der Waals surface area contributed by atoms with Gasteiger partial charge in [0.25, 0.3) is 0 Å². The molecule has 2 rings (SSSR count). The molecule has 0 aromatic carbocycles. The van der Waals surface area contributed by atoms with E-state index in [9.17, 15) is 0 Å². The van der Waals surface area contributed by atoms with Crippen molar-refractivity contribution in [3.05, 3.63) is 35.1 Å². The van der Waals surface area contributed by atoms with E-state index in [4.69, 9.17) is 0 Å². The van der Waals surface area contributed by atoms with Gasteiger partial charge >= 0.3 is 0 Å². The van der Waals surface area contributed by atoms with Crippen molar-refractivity contribution in [3.63, 3.8) is 0 Å². The molecule has 4 heteroatoms. The second-order valence-electron chi connectivity index (χ2n) is 3.35. The van der Waals surface area contributed by atoms with Gasteiger partial charge in [0.15, 0.2) is 0 Å². The number of aromatic nitrogens is 2. The molecule has 0 radical (unpaired) electrons. The Kier molecular flexibility index (Phi) is 3.08. The summed E-state index contributed by atoms with van der Waals surface area (Å²) in [6, 6.07) is 2.01. The minimum atomic E-state index is 0.877. The van der Waals surface area contributed by atoms with Crippen LogP contribution in [-0.2, 0) is 6.54 Å². The summed E-state index contributed by atoms with van der Waals surface area (Å²) >= 11 is 1.72. The van der Waals surface area contributed by atoms with Crippen molar-refractivity contribution in [3.8, 4) is 10.6 Å². The highest BCUT2D eigenvalue weighted by molar-refractivity contribution is 7.15. The summed E-state index contributed by atoms with van der Waals surface area (Å²) in [5.41, 5.74) is 2.35. The number of nitrogens with zero attached hydrogens (tertiary/aromatic N) is 2. The van der Waals surface area contributed by atoms with Crippen LogP contribution in [0.4, 0.5) is 0 Å². The number of hydrogen-bond donors (Lipinski definition) is 1. The van der Waals surface area contributed by atoms with E-state index < -0.39 is 0 Å². The Labute approximate surface area is 93.2 Å². The summed E-state index contributed by atoms with van der Waals surface area (Å²) in [5.74, 6) is 0. The van der Waals surface area contributed by atoms with Gasteiger partial charge < -0.3 is 5.32 Å². The average Bonchev–Trinajstić information content (AvgIpc) is 2.68. The molecule has 78 valence electrons. The maximum atomic E-state index is 4.42. The third-order valence-electron chi connectivity index (χ3n) is 2.16. The van der Waals surface area contributed by atoms with Gasteiger partial charge in [0.05, 0.1) is 0 Å². The first-order valence-corrected chi connectivity index (χ1v) is 5.63. The van der Waals surface area contributed by atoms with E-state index in [0.29, 0.717) is 0 Å². The van der Waals surface area contributed by atoms with Crippen LogP contribution < -0.4 is 5.32 Å². The molecule has 0 atom stereocenters.